The highest BCUT2D eigenvalue weighted by atomic mass is 16.4. The lowest BCUT2D eigenvalue weighted by Gasteiger charge is -2.15. The summed E-state index contributed by atoms with van der Waals surface area (Å²) in [6.45, 7) is 2.15. The minimum atomic E-state index is -1.05. The van der Waals surface area contributed by atoms with Crippen LogP contribution in [-0.4, -0.2) is 31.0 Å². The number of unbranched alkanes of at least 4 members (excludes halogenated alkanes) is 4. The van der Waals surface area contributed by atoms with E-state index in [0.29, 0.717) is 12.0 Å². The number of carboxylic acids is 1. The Morgan fingerprint density at radius 3 is 2.29 bits per heavy atom. The maximum Gasteiger partial charge on any atom is 0.336 e. The third kappa shape index (κ3) is 5.21. The molecule has 21 heavy (non-hydrogen) atoms. The molecular weight excluding hydrogens is 266 g/mol. The second-order valence-corrected chi connectivity index (χ2v) is 5.52. The number of aromatic carboxylic acids is 1. The topological polar surface area (TPSA) is 57.6 Å². The van der Waals surface area contributed by atoms with Crippen LogP contribution in [0.5, 0.6) is 0 Å². The number of carbonyl (C=O) groups is 2. The largest absolute Gasteiger partial charge is 0.478 e. The van der Waals surface area contributed by atoms with Crippen LogP contribution in [0.2, 0.25) is 0 Å². The molecule has 0 spiro atoms. The number of rotatable bonds is 9. The van der Waals surface area contributed by atoms with Crippen molar-refractivity contribution in [2.45, 2.75) is 45.4 Å². The van der Waals surface area contributed by atoms with E-state index in [4.69, 9.17) is 0 Å². The van der Waals surface area contributed by atoms with Crippen molar-refractivity contribution in [2.75, 3.05) is 19.0 Å². The van der Waals surface area contributed by atoms with Gasteiger partial charge >= 0.3 is 5.97 Å². The minimum absolute atomic E-state index is 0.0763. The van der Waals surface area contributed by atoms with Crippen LogP contribution in [0.15, 0.2) is 18.2 Å². The number of benzene rings is 1. The summed E-state index contributed by atoms with van der Waals surface area (Å²) in [5.41, 5.74) is 1.26. The average molecular weight is 291 g/mol. The molecule has 4 heteroatoms. The van der Waals surface area contributed by atoms with Gasteiger partial charge in [-0.25, -0.2) is 4.79 Å². The SMILES string of the molecule is CCCCCCCC(=O)c1cc(N(C)C)ccc1C(=O)O. The number of hydrogen-bond donors (Lipinski definition) is 1. The molecule has 1 aromatic carbocycles. The fraction of sp³-hybridized carbons (Fsp3) is 0.529. The number of carbonyl (C=O) groups excluding carboxylic acids is 1. The van der Waals surface area contributed by atoms with Crippen molar-refractivity contribution in [3.05, 3.63) is 29.3 Å². The van der Waals surface area contributed by atoms with E-state index in [1.54, 1.807) is 12.1 Å². The fourth-order valence-electron chi connectivity index (χ4n) is 2.25. The Hall–Kier alpha value is -1.84. The van der Waals surface area contributed by atoms with Gasteiger partial charge in [-0.2, -0.15) is 0 Å². The number of nitrogens with zero attached hydrogens (tertiary/aromatic N) is 1. The number of Topliss-reactive ketones (excluding diaryl/α,β-unsaturated/α-hetero) is 1. The molecule has 4 nitrogen and oxygen atoms in total. The third-order valence-electron chi connectivity index (χ3n) is 3.56. The molecule has 0 unspecified atom stereocenters. The van der Waals surface area contributed by atoms with E-state index in [0.717, 1.165) is 24.9 Å². The summed E-state index contributed by atoms with van der Waals surface area (Å²) in [5.74, 6) is -1.12. The van der Waals surface area contributed by atoms with Crippen LogP contribution in [-0.2, 0) is 0 Å². The summed E-state index contributed by atoms with van der Waals surface area (Å²) in [6, 6.07) is 4.92. The molecule has 0 aliphatic rings. The summed E-state index contributed by atoms with van der Waals surface area (Å²) in [7, 11) is 3.74. The Labute approximate surface area is 126 Å². The van der Waals surface area contributed by atoms with Crippen LogP contribution >= 0.6 is 0 Å². The van der Waals surface area contributed by atoms with Crippen molar-refractivity contribution in [1.82, 2.24) is 0 Å². The van der Waals surface area contributed by atoms with Gasteiger partial charge in [0.15, 0.2) is 5.78 Å². The van der Waals surface area contributed by atoms with Gasteiger partial charge in [-0.3, -0.25) is 4.79 Å². The lowest BCUT2D eigenvalue weighted by Crippen LogP contribution is -2.13. The van der Waals surface area contributed by atoms with Crippen LogP contribution in [0.4, 0.5) is 5.69 Å². The van der Waals surface area contributed by atoms with Gasteiger partial charge in [-0.1, -0.05) is 32.6 Å². The first-order chi connectivity index (χ1) is 9.97. The standard InChI is InChI=1S/C17H25NO3/c1-4-5-6-7-8-9-16(19)15-12-13(18(2)3)10-11-14(15)17(20)21/h10-12H,4-9H2,1-3H3,(H,20,21). The van der Waals surface area contributed by atoms with Crippen molar-refractivity contribution in [3.63, 3.8) is 0 Å². The summed E-state index contributed by atoms with van der Waals surface area (Å²) < 4.78 is 0. The second kappa shape index (κ2) is 8.45. The first-order valence-electron chi connectivity index (χ1n) is 7.55. The highest BCUT2D eigenvalue weighted by Crippen LogP contribution is 2.21. The molecule has 116 valence electrons. The van der Waals surface area contributed by atoms with Crippen LogP contribution in [0.3, 0.4) is 0 Å². The average Bonchev–Trinajstić information content (AvgIpc) is 2.46. The van der Waals surface area contributed by atoms with Crippen LogP contribution < -0.4 is 4.90 Å². The quantitative estimate of drug-likeness (QED) is 0.552. The number of ketones is 1. The predicted octanol–water partition coefficient (Wildman–Crippen LogP) is 3.99. The van der Waals surface area contributed by atoms with Gasteiger partial charge in [0, 0.05) is 31.8 Å². The van der Waals surface area contributed by atoms with Crippen LogP contribution in [0, 0.1) is 0 Å². The van der Waals surface area contributed by atoms with Crippen molar-refractivity contribution >= 4 is 17.4 Å². The molecule has 1 rings (SSSR count). The Morgan fingerprint density at radius 2 is 1.71 bits per heavy atom. The van der Waals surface area contributed by atoms with Crippen molar-refractivity contribution in [3.8, 4) is 0 Å². The Morgan fingerprint density at radius 1 is 1.05 bits per heavy atom. The number of carboxylic acid groups (broad SMARTS) is 1. The molecule has 0 heterocycles. The minimum Gasteiger partial charge on any atom is -0.478 e. The van der Waals surface area contributed by atoms with Crippen LogP contribution in [0.25, 0.3) is 0 Å². The van der Waals surface area contributed by atoms with Crippen LogP contribution in [0.1, 0.15) is 66.2 Å². The van der Waals surface area contributed by atoms with Gasteiger partial charge < -0.3 is 10.0 Å². The molecule has 0 aliphatic heterocycles. The highest BCUT2D eigenvalue weighted by molar-refractivity contribution is 6.06. The van der Waals surface area contributed by atoms with Gasteiger partial charge in [0.25, 0.3) is 0 Å². The van der Waals surface area contributed by atoms with Crippen molar-refractivity contribution in [1.29, 1.82) is 0 Å². The summed E-state index contributed by atoms with van der Waals surface area (Å²) in [6.07, 6.45) is 5.75. The first-order valence-corrected chi connectivity index (χ1v) is 7.55. The molecule has 0 aliphatic carbocycles. The molecule has 0 aromatic heterocycles. The molecule has 0 atom stereocenters. The molecule has 0 amide bonds. The normalized spacial score (nSPS) is 10.4. The van der Waals surface area contributed by atoms with Gasteiger partial charge in [0.1, 0.15) is 0 Å². The first kappa shape index (κ1) is 17.2. The second-order valence-electron chi connectivity index (χ2n) is 5.52. The smallest absolute Gasteiger partial charge is 0.336 e. The van der Waals surface area contributed by atoms with Gasteiger partial charge in [-0.15, -0.1) is 0 Å². The summed E-state index contributed by atoms with van der Waals surface area (Å²) >= 11 is 0. The molecular formula is C17H25NO3. The molecule has 0 saturated carbocycles. The third-order valence-corrected chi connectivity index (χ3v) is 3.56. The van der Waals surface area contributed by atoms with E-state index >= 15 is 0 Å². The highest BCUT2D eigenvalue weighted by Gasteiger charge is 2.17. The zero-order valence-corrected chi connectivity index (χ0v) is 13.2. The number of anilines is 1. The van der Waals surface area contributed by atoms with E-state index in [1.165, 1.54) is 18.9 Å². The Balaban J connectivity index is 2.80. The molecule has 0 radical (unpaired) electrons. The maximum absolute atomic E-state index is 12.3. The molecule has 1 aromatic rings. The monoisotopic (exact) mass is 291 g/mol. The summed E-state index contributed by atoms with van der Waals surface area (Å²) in [5, 5.41) is 9.22. The summed E-state index contributed by atoms with van der Waals surface area (Å²) in [4.78, 5) is 25.4. The zero-order valence-electron chi connectivity index (χ0n) is 13.2. The molecule has 0 fully saturated rings. The molecule has 0 bridgehead atoms. The number of hydrogen-bond acceptors (Lipinski definition) is 3. The van der Waals surface area contributed by atoms with E-state index in [1.807, 2.05) is 19.0 Å². The maximum atomic E-state index is 12.3. The molecule has 1 N–H and O–H groups in total. The fourth-order valence-corrected chi connectivity index (χ4v) is 2.25. The van der Waals surface area contributed by atoms with E-state index in [9.17, 15) is 14.7 Å². The van der Waals surface area contributed by atoms with E-state index in [2.05, 4.69) is 6.92 Å². The van der Waals surface area contributed by atoms with Gasteiger partial charge in [0.05, 0.1) is 5.56 Å². The van der Waals surface area contributed by atoms with Crippen molar-refractivity contribution in [2.24, 2.45) is 0 Å². The predicted molar refractivity (Wildman–Crippen MR) is 85.4 cm³/mol. The van der Waals surface area contributed by atoms with E-state index in [-0.39, 0.29) is 11.3 Å². The lowest BCUT2D eigenvalue weighted by molar-refractivity contribution is 0.0691. The van der Waals surface area contributed by atoms with Gasteiger partial charge in [0.2, 0.25) is 0 Å². The van der Waals surface area contributed by atoms with E-state index < -0.39 is 5.97 Å². The lowest BCUT2D eigenvalue weighted by atomic mass is 9.98. The zero-order chi connectivity index (χ0) is 15.8. The van der Waals surface area contributed by atoms with Crippen molar-refractivity contribution < 1.29 is 14.7 Å². The Kier molecular flexibility index (Phi) is 6.92. The Bertz CT molecular complexity index is 495. The molecule has 0 saturated heterocycles. The van der Waals surface area contributed by atoms with Gasteiger partial charge in [-0.05, 0) is 24.6 Å².